The Bertz CT molecular complexity index is 444. The quantitative estimate of drug-likeness (QED) is 0.684. The van der Waals surface area contributed by atoms with Crippen LogP contribution in [-0.2, 0) is 4.79 Å². The van der Waals surface area contributed by atoms with E-state index in [1.807, 2.05) is 24.3 Å². The van der Waals surface area contributed by atoms with Crippen LogP contribution in [0.15, 0.2) is 53.3 Å². The van der Waals surface area contributed by atoms with Gasteiger partial charge in [-0.15, -0.1) is 0 Å². The standard InChI is InChI=1S/C12H10N2O/c15-9-10-3-5-11(6-4-10)14-12-2-1-7-13-8-12/h1-5,7-9H,6H2. The summed E-state index contributed by atoms with van der Waals surface area (Å²) in [5.41, 5.74) is 2.48. The molecule has 3 heteroatoms. The van der Waals surface area contributed by atoms with Gasteiger partial charge in [0.2, 0.25) is 0 Å². The minimum absolute atomic E-state index is 0.694. The number of pyridine rings is 1. The van der Waals surface area contributed by atoms with E-state index in [2.05, 4.69) is 9.98 Å². The maximum Gasteiger partial charge on any atom is 0.149 e. The van der Waals surface area contributed by atoms with Crippen LogP contribution in [0.3, 0.4) is 0 Å². The molecule has 1 aliphatic carbocycles. The van der Waals surface area contributed by atoms with Crippen molar-refractivity contribution in [2.75, 3.05) is 0 Å². The molecular weight excluding hydrogens is 188 g/mol. The van der Waals surface area contributed by atoms with Crippen molar-refractivity contribution < 1.29 is 4.79 Å². The molecule has 74 valence electrons. The number of allylic oxidation sites excluding steroid dienone is 4. The van der Waals surface area contributed by atoms with Crippen LogP contribution in [0, 0.1) is 0 Å². The summed E-state index contributed by atoms with van der Waals surface area (Å²) >= 11 is 0. The Kier molecular flexibility index (Phi) is 2.83. The Morgan fingerprint density at radius 2 is 2.33 bits per heavy atom. The van der Waals surface area contributed by atoms with Gasteiger partial charge in [-0.1, -0.05) is 12.2 Å². The van der Waals surface area contributed by atoms with E-state index in [4.69, 9.17) is 0 Å². The highest BCUT2D eigenvalue weighted by atomic mass is 16.1. The molecule has 0 N–H and O–H groups in total. The summed E-state index contributed by atoms with van der Waals surface area (Å²) in [4.78, 5) is 18.8. The molecule has 0 fully saturated rings. The third-order valence-electron chi connectivity index (χ3n) is 2.07. The summed E-state index contributed by atoms with van der Waals surface area (Å²) in [6, 6.07) is 3.74. The number of hydrogen-bond donors (Lipinski definition) is 0. The van der Waals surface area contributed by atoms with Crippen LogP contribution in [0.25, 0.3) is 0 Å². The maximum atomic E-state index is 10.5. The van der Waals surface area contributed by atoms with Crippen molar-refractivity contribution in [1.29, 1.82) is 0 Å². The lowest BCUT2D eigenvalue weighted by Crippen LogP contribution is -1.97. The second-order valence-electron chi connectivity index (χ2n) is 3.17. The van der Waals surface area contributed by atoms with Crippen LogP contribution in [0.5, 0.6) is 0 Å². The second-order valence-corrected chi connectivity index (χ2v) is 3.17. The molecule has 15 heavy (non-hydrogen) atoms. The minimum Gasteiger partial charge on any atom is -0.298 e. The highest BCUT2D eigenvalue weighted by molar-refractivity contribution is 6.01. The molecule has 0 radical (unpaired) electrons. The summed E-state index contributed by atoms with van der Waals surface area (Å²) < 4.78 is 0. The molecule has 0 aromatic carbocycles. The smallest absolute Gasteiger partial charge is 0.149 e. The number of carbonyl (C=O) groups is 1. The number of aldehydes is 1. The van der Waals surface area contributed by atoms with Crippen molar-refractivity contribution in [1.82, 2.24) is 4.98 Å². The fourth-order valence-corrected chi connectivity index (χ4v) is 1.31. The lowest BCUT2D eigenvalue weighted by atomic mass is 10.1. The van der Waals surface area contributed by atoms with Gasteiger partial charge >= 0.3 is 0 Å². The van der Waals surface area contributed by atoms with Gasteiger partial charge < -0.3 is 0 Å². The van der Waals surface area contributed by atoms with Crippen LogP contribution >= 0.6 is 0 Å². The van der Waals surface area contributed by atoms with Crippen LogP contribution < -0.4 is 0 Å². The molecule has 0 saturated heterocycles. The molecule has 0 saturated carbocycles. The fourth-order valence-electron chi connectivity index (χ4n) is 1.31. The molecule has 1 aromatic rings. The average Bonchev–Trinajstić information content (AvgIpc) is 2.31. The van der Waals surface area contributed by atoms with Gasteiger partial charge in [-0.3, -0.25) is 14.8 Å². The van der Waals surface area contributed by atoms with Crippen molar-refractivity contribution in [3.8, 4) is 0 Å². The van der Waals surface area contributed by atoms with E-state index in [0.29, 0.717) is 12.0 Å². The third kappa shape index (κ3) is 2.47. The van der Waals surface area contributed by atoms with E-state index < -0.39 is 0 Å². The van der Waals surface area contributed by atoms with Crippen molar-refractivity contribution in [3.63, 3.8) is 0 Å². The monoisotopic (exact) mass is 198 g/mol. The highest BCUT2D eigenvalue weighted by Crippen LogP contribution is 2.13. The number of carbonyl (C=O) groups excluding carboxylic acids is 1. The Morgan fingerprint density at radius 3 is 2.93 bits per heavy atom. The first-order valence-electron chi connectivity index (χ1n) is 4.69. The molecule has 0 amide bonds. The van der Waals surface area contributed by atoms with Gasteiger partial charge in [0.15, 0.2) is 0 Å². The van der Waals surface area contributed by atoms with Gasteiger partial charge in [0, 0.05) is 23.9 Å². The van der Waals surface area contributed by atoms with Crippen LogP contribution in [-0.4, -0.2) is 17.0 Å². The van der Waals surface area contributed by atoms with E-state index in [1.54, 1.807) is 18.5 Å². The highest BCUT2D eigenvalue weighted by Gasteiger charge is 2.01. The topological polar surface area (TPSA) is 42.3 Å². The lowest BCUT2D eigenvalue weighted by Gasteiger charge is -2.03. The number of nitrogens with zero attached hydrogens (tertiary/aromatic N) is 2. The zero-order valence-corrected chi connectivity index (χ0v) is 8.13. The molecule has 2 rings (SSSR count). The van der Waals surface area contributed by atoms with Gasteiger partial charge in [-0.2, -0.15) is 0 Å². The minimum atomic E-state index is 0.694. The molecule has 0 spiro atoms. The molecule has 0 unspecified atom stereocenters. The van der Waals surface area contributed by atoms with Crippen molar-refractivity contribution in [3.05, 3.63) is 48.3 Å². The summed E-state index contributed by atoms with van der Waals surface area (Å²) in [7, 11) is 0. The Hall–Kier alpha value is -2.03. The number of aliphatic imine (C=N–C) groups is 1. The Morgan fingerprint density at radius 1 is 1.40 bits per heavy atom. The average molecular weight is 198 g/mol. The first-order valence-corrected chi connectivity index (χ1v) is 4.69. The van der Waals surface area contributed by atoms with Crippen LogP contribution in [0.1, 0.15) is 6.42 Å². The first-order chi connectivity index (χ1) is 7.38. The normalized spacial score (nSPS) is 17.6. The van der Waals surface area contributed by atoms with E-state index >= 15 is 0 Å². The van der Waals surface area contributed by atoms with Crippen LogP contribution in [0.2, 0.25) is 0 Å². The van der Waals surface area contributed by atoms with Gasteiger partial charge in [0.25, 0.3) is 0 Å². The molecule has 1 aliphatic rings. The number of rotatable bonds is 2. The molecule has 1 aromatic heterocycles. The third-order valence-corrected chi connectivity index (χ3v) is 2.07. The summed E-state index contributed by atoms with van der Waals surface area (Å²) in [6.45, 7) is 0. The molecule has 0 bridgehead atoms. The van der Waals surface area contributed by atoms with E-state index in [0.717, 1.165) is 17.7 Å². The Balaban J connectivity index is 2.16. The molecule has 3 nitrogen and oxygen atoms in total. The molecule has 0 aliphatic heterocycles. The van der Waals surface area contributed by atoms with Gasteiger partial charge in [-0.05, 0) is 18.2 Å². The number of hydrogen-bond acceptors (Lipinski definition) is 3. The molecule has 0 atom stereocenters. The second kappa shape index (κ2) is 4.46. The first kappa shape index (κ1) is 9.52. The van der Waals surface area contributed by atoms with Crippen molar-refractivity contribution in [2.45, 2.75) is 6.42 Å². The van der Waals surface area contributed by atoms with E-state index in [9.17, 15) is 4.79 Å². The zero-order chi connectivity index (χ0) is 10.5. The predicted molar refractivity (Wildman–Crippen MR) is 59.2 cm³/mol. The largest absolute Gasteiger partial charge is 0.298 e. The van der Waals surface area contributed by atoms with E-state index in [-0.39, 0.29) is 0 Å². The number of aromatic nitrogens is 1. The SMILES string of the molecule is O=CC1=CCC(=Nc2cccnc2)C=C1. The lowest BCUT2D eigenvalue weighted by molar-refractivity contribution is -0.104. The zero-order valence-electron chi connectivity index (χ0n) is 8.13. The van der Waals surface area contributed by atoms with Gasteiger partial charge in [0.1, 0.15) is 6.29 Å². The van der Waals surface area contributed by atoms with Gasteiger partial charge in [0.05, 0.1) is 11.9 Å². The summed E-state index contributed by atoms with van der Waals surface area (Å²) in [5, 5.41) is 0. The molecule has 1 heterocycles. The van der Waals surface area contributed by atoms with Crippen molar-refractivity contribution >= 4 is 17.7 Å². The van der Waals surface area contributed by atoms with Crippen LogP contribution in [0.4, 0.5) is 5.69 Å². The van der Waals surface area contributed by atoms with E-state index in [1.165, 1.54) is 0 Å². The van der Waals surface area contributed by atoms with Gasteiger partial charge in [-0.25, -0.2) is 0 Å². The Labute approximate surface area is 87.9 Å². The molecular formula is C12H10N2O. The predicted octanol–water partition coefficient (Wildman–Crippen LogP) is 2.24. The summed E-state index contributed by atoms with van der Waals surface area (Å²) in [6.07, 6.45) is 10.5. The van der Waals surface area contributed by atoms with Crippen molar-refractivity contribution in [2.24, 2.45) is 4.99 Å². The fraction of sp³-hybridized carbons (Fsp3) is 0.0833. The summed E-state index contributed by atoms with van der Waals surface area (Å²) in [5.74, 6) is 0. The maximum absolute atomic E-state index is 10.5.